The van der Waals surface area contributed by atoms with Gasteiger partial charge in [-0.3, -0.25) is 4.79 Å². The largest absolute Gasteiger partial charge is 0.495 e. The lowest BCUT2D eigenvalue weighted by Crippen LogP contribution is -2.40. The molecule has 8 nitrogen and oxygen atoms in total. The highest BCUT2D eigenvalue weighted by Gasteiger charge is 2.27. The van der Waals surface area contributed by atoms with Gasteiger partial charge in [0.2, 0.25) is 15.9 Å². The number of ether oxygens (including phenoxy) is 2. The normalized spacial score (nSPS) is 15.1. The van der Waals surface area contributed by atoms with E-state index in [2.05, 4.69) is 10.3 Å². The lowest BCUT2D eigenvalue weighted by molar-refractivity contribution is -0.113. The van der Waals surface area contributed by atoms with Crippen LogP contribution in [-0.2, 0) is 19.6 Å². The molecule has 2 heterocycles. The molecule has 0 saturated carbocycles. The Morgan fingerprint density at radius 3 is 2.77 bits per heavy atom. The standard InChI is InChI=1S/C20H21N3O5S3/c1-27-17-7-6-14(31(25,26)23-8-10-28-11-9-23)12-16(17)21-19(24)13-29-20-22-15-4-2-3-5-18(15)30-20/h2-7,12H,8-11,13H2,1H3,(H,21,24). The number of para-hydroxylation sites is 1. The number of hydrogen-bond acceptors (Lipinski definition) is 8. The number of thiazole rings is 1. The summed E-state index contributed by atoms with van der Waals surface area (Å²) in [6.45, 7) is 1.33. The number of anilines is 1. The highest BCUT2D eigenvalue weighted by Crippen LogP contribution is 2.31. The van der Waals surface area contributed by atoms with E-state index in [1.54, 1.807) is 6.07 Å². The van der Waals surface area contributed by atoms with Gasteiger partial charge in [0.1, 0.15) is 5.75 Å². The van der Waals surface area contributed by atoms with Crippen LogP contribution in [0.1, 0.15) is 0 Å². The monoisotopic (exact) mass is 479 g/mol. The van der Waals surface area contributed by atoms with Gasteiger partial charge in [-0.2, -0.15) is 4.31 Å². The summed E-state index contributed by atoms with van der Waals surface area (Å²) in [4.78, 5) is 17.2. The SMILES string of the molecule is COc1ccc(S(=O)(=O)N2CCOCC2)cc1NC(=O)CSc1nc2ccccc2s1. The Morgan fingerprint density at radius 1 is 1.26 bits per heavy atom. The first-order chi connectivity index (χ1) is 15.0. The zero-order valence-electron chi connectivity index (χ0n) is 16.7. The van der Waals surface area contributed by atoms with Gasteiger partial charge in [-0.25, -0.2) is 13.4 Å². The number of amides is 1. The van der Waals surface area contributed by atoms with Crippen LogP contribution in [-0.4, -0.2) is 62.8 Å². The molecule has 11 heteroatoms. The maximum absolute atomic E-state index is 12.9. The number of sulfonamides is 1. The molecular weight excluding hydrogens is 458 g/mol. The minimum absolute atomic E-state index is 0.101. The average Bonchev–Trinajstić information content (AvgIpc) is 3.21. The van der Waals surface area contributed by atoms with Crippen LogP contribution in [0.3, 0.4) is 0 Å². The Hall–Kier alpha value is -2.18. The Morgan fingerprint density at radius 2 is 2.03 bits per heavy atom. The first-order valence-corrected chi connectivity index (χ1v) is 12.8. The van der Waals surface area contributed by atoms with Crippen molar-refractivity contribution in [1.29, 1.82) is 0 Å². The molecule has 1 aliphatic heterocycles. The molecule has 31 heavy (non-hydrogen) atoms. The number of nitrogens with zero attached hydrogens (tertiary/aromatic N) is 2. The summed E-state index contributed by atoms with van der Waals surface area (Å²) in [5.41, 5.74) is 1.21. The van der Waals surface area contributed by atoms with E-state index in [9.17, 15) is 13.2 Å². The number of nitrogens with one attached hydrogen (secondary N) is 1. The van der Waals surface area contributed by atoms with Gasteiger partial charge in [0.25, 0.3) is 0 Å². The van der Waals surface area contributed by atoms with Crippen molar-refractivity contribution in [2.75, 3.05) is 44.5 Å². The van der Waals surface area contributed by atoms with Crippen LogP contribution in [0.25, 0.3) is 10.2 Å². The number of aromatic nitrogens is 1. The predicted octanol–water partition coefficient (Wildman–Crippen LogP) is 3.06. The van der Waals surface area contributed by atoms with Crippen molar-refractivity contribution in [3.8, 4) is 5.75 Å². The third-order valence-corrected chi connectivity index (χ3v) is 8.73. The molecule has 4 rings (SSSR count). The number of thioether (sulfide) groups is 1. The minimum atomic E-state index is -3.68. The molecule has 1 saturated heterocycles. The van der Waals surface area contributed by atoms with Crippen molar-refractivity contribution in [1.82, 2.24) is 9.29 Å². The summed E-state index contributed by atoms with van der Waals surface area (Å²) in [5, 5.41) is 2.77. The van der Waals surface area contributed by atoms with Crippen LogP contribution in [0.4, 0.5) is 5.69 Å². The predicted molar refractivity (Wildman–Crippen MR) is 122 cm³/mol. The Labute approximate surface area is 188 Å². The Bertz CT molecular complexity index is 1160. The number of carbonyl (C=O) groups excluding carboxylic acids is 1. The van der Waals surface area contributed by atoms with Gasteiger partial charge in [-0.15, -0.1) is 11.3 Å². The third-order valence-electron chi connectivity index (χ3n) is 4.65. The van der Waals surface area contributed by atoms with Crippen LogP contribution < -0.4 is 10.1 Å². The molecule has 0 spiro atoms. The van der Waals surface area contributed by atoms with Crippen molar-refractivity contribution in [3.05, 3.63) is 42.5 Å². The maximum Gasteiger partial charge on any atom is 0.243 e. The summed E-state index contributed by atoms with van der Waals surface area (Å²) in [5.74, 6) is 0.256. The van der Waals surface area contributed by atoms with Gasteiger partial charge in [0.05, 0.1) is 46.9 Å². The molecule has 1 N–H and O–H groups in total. The molecule has 1 aliphatic rings. The van der Waals surface area contributed by atoms with E-state index in [0.29, 0.717) is 37.7 Å². The molecule has 0 radical (unpaired) electrons. The summed E-state index contributed by atoms with van der Waals surface area (Å²) >= 11 is 2.86. The van der Waals surface area contributed by atoms with Gasteiger partial charge in [-0.05, 0) is 30.3 Å². The molecule has 1 aromatic heterocycles. The van der Waals surface area contributed by atoms with Gasteiger partial charge < -0.3 is 14.8 Å². The molecule has 1 fully saturated rings. The van der Waals surface area contributed by atoms with E-state index in [4.69, 9.17) is 9.47 Å². The Kier molecular flexibility index (Phi) is 6.77. The van der Waals surface area contributed by atoms with Crippen molar-refractivity contribution < 1.29 is 22.7 Å². The van der Waals surface area contributed by atoms with Gasteiger partial charge in [-0.1, -0.05) is 23.9 Å². The molecule has 0 atom stereocenters. The number of benzene rings is 2. The van der Waals surface area contributed by atoms with Crippen LogP contribution in [0.5, 0.6) is 5.75 Å². The van der Waals surface area contributed by atoms with Crippen LogP contribution in [0.2, 0.25) is 0 Å². The van der Waals surface area contributed by atoms with E-state index in [-0.39, 0.29) is 16.6 Å². The molecule has 0 aliphatic carbocycles. The first-order valence-electron chi connectivity index (χ1n) is 9.51. The summed E-state index contributed by atoms with van der Waals surface area (Å²) in [6, 6.07) is 12.3. The van der Waals surface area contributed by atoms with Gasteiger partial charge in [0.15, 0.2) is 4.34 Å². The van der Waals surface area contributed by atoms with Crippen molar-refractivity contribution in [3.63, 3.8) is 0 Å². The number of hydrogen-bond donors (Lipinski definition) is 1. The third kappa shape index (κ3) is 5.01. The van der Waals surface area contributed by atoms with Crippen molar-refractivity contribution in [2.45, 2.75) is 9.24 Å². The molecule has 2 aromatic carbocycles. The number of carbonyl (C=O) groups is 1. The summed E-state index contributed by atoms with van der Waals surface area (Å²) in [7, 11) is -2.21. The fraction of sp³-hybridized carbons (Fsp3) is 0.300. The molecule has 1 amide bonds. The van der Waals surface area contributed by atoms with Crippen LogP contribution in [0.15, 0.2) is 51.7 Å². The lowest BCUT2D eigenvalue weighted by atomic mass is 10.3. The number of rotatable bonds is 7. The van der Waals surface area contributed by atoms with Crippen molar-refractivity contribution >= 4 is 54.9 Å². The minimum Gasteiger partial charge on any atom is -0.495 e. The van der Waals surface area contributed by atoms with E-state index in [1.165, 1.54) is 46.6 Å². The molecule has 164 valence electrons. The average molecular weight is 480 g/mol. The second-order valence-corrected chi connectivity index (χ2v) is 10.9. The molecule has 0 unspecified atom stereocenters. The second-order valence-electron chi connectivity index (χ2n) is 6.66. The fourth-order valence-corrected chi connectivity index (χ4v) is 6.41. The quantitative estimate of drug-likeness (QED) is 0.520. The number of methoxy groups -OCH3 is 1. The van der Waals surface area contributed by atoms with E-state index in [1.807, 2.05) is 24.3 Å². The highest BCUT2D eigenvalue weighted by molar-refractivity contribution is 8.01. The summed E-state index contributed by atoms with van der Waals surface area (Å²) in [6.07, 6.45) is 0. The fourth-order valence-electron chi connectivity index (χ4n) is 3.11. The number of fused-ring (bicyclic) bond motifs is 1. The van der Waals surface area contributed by atoms with Gasteiger partial charge in [0, 0.05) is 13.1 Å². The summed E-state index contributed by atoms with van der Waals surface area (Å²) < 4.78 is 39.6. The van der Waals surface area contributed by atoms with E-state index < -0.39 is 10.0 Å². The zero-order chi connectivity index (χ0) is 21.8. The molecule has 0 bridgehead atoms. The van der Waals surface area contributed by atoms with E-state index in [0.717, 1.165) is 14.6 Å². The Balaban J connectivity index is 1.47. The smallest absolute Gasteiger partial charge is 0.243 e. The first kappa shape index (κ1) is 22.0. The van der Waals surface area contributed by atoms with Crippen LogP contribution in [0, 0.1) is 0 Å². The highest BCUT2D eigenvalue weighted by atomic mass is 32.2. The second kappa shape index (κ2) is 9.53. The number of morpholine rings is 1. The van der Waals surface area contributed by atoms with E-state index >= 15 is 0 Å². The molecule has 3 aromatic rings. The topological polar surface area (TPSA) is 97.8 Å². The maximum atomic E-state index is 12.9. The van der Waals surface area contributed by atoms with Gasteiger partial charge >= 0.3 is 0 Å². The van der Waals surface area contributed by atoms with Crippen LogP contribution >= 0.6 is 23.1 Å². The lowest BCUT2D eigenvalue weighted by Gasteiger charge is -2.26. The molecular formula is C20H21N3O5S3. The van der Waals surface area contributed by atoms with Crippen molar-refractivity contribution in [2.24, 2.45) is 0 Å². The zero-order valence-corrected chi connectivity index (χ0v) is 19.2.